The summed E-state index contributed by atoms with van der Waals surface area (Å²) < 4.78 is 4.84. The van der Waals surface area contributed by atoms with Gasteiger partial charge < -0.3 is 4.74 Å². The van der Waals surface area contributed by atoms with Crippen LogP contribution in [0.1, 0.15) is 32.6 Å². The van der Waals surface area contributed by atoms with Crippen LogP contribution in [0.5, 0.6) is 0 Å². The van der Waals surface area contributed by atoms with Crippen LogP contribution in [-0.2, 0) is 9.53 Å². The molecule has 0 amide bonds. The van der Waals surface area contributed by atoms with Crippen LogP contribution >= 0.6 is 0 Å². The molecule has 0 N–H and O–H groups in total. The molecule has 2 rings (SSSR count). The molecule has 0 saturated heterocycles. The molecule has 0 atom stereocenters. The maximum Gasteiger partial charge on any atom is 0.330 e. The largest absolute Gasteiger partial charge is 0.463 e. The van der Waals surface area contributed by atoms with Crippen LogP contribution in [0, 0.1) is 11.3 Å². The van der Waals surface area contributed by atoms with Crippen LogP contribution in [0.25, 0.3) is 0 Å². The molecule has 72 valence electrons. The van der Waals surface area contributed by atoms with E-state index in [9.17, 15) is 4.79 Å². The minimum absolute atomic E-state index is 0.186. The molecule has 0 spiro atoms. The van der Waals surface area contributed by atoms with Crippen molar-refractivity contribution in [2.24, 2.45) is 11.3 Å². The fourth-order valence-corrected chi connectivity index (χ4v) is 1.94. The predicted molar refractivity (Wildman–Crippen MR) is 50.2 cm³/mol. The molecule has 13 heavy (non-hydrogen) atoms. The third-order valence-corrected chi connectivity index (χ3v) is 3.06. The monoisotopic (exact) mass is 180 g/mol. The van der Waals surface area contributed by atoms with E-state index < -0.39 is 0 Å². The van der Waals surface area contributed by atoms with E-state index in [1.165, 1.54) is 25.7 Å². The molecule has 0 aromatic carbocycles. The molecule has 0 unspecified atom stereocenters. The summed E-state index contributed by atoms with van der Waals surface area (Å²) in [5, 5.41) is 0. The zero-order valence-corrected chi connectivity index (χ0v) is 8.08. The zero-order chi connectivity index (χ0) is 9.31. The Hall–Kier alpha value is -0.790. The van der Waals surface area contributed by atoms with E-state index in [0.29, 0.717) is 12.0 Å². The molecule has 2 heteroatoms. The Labute approximate surface area is 79.0 Å². The number of ether oxygens (including phenoxy) is 1. The number of allylic oxidation sites excluding steroid dienone is 1. The highest BCUT2D eigenvalue weighted by molar-refractivity contribution is 5.82. The molecule has 2 saturated carbocycles. The second-order valence-corrected chi connectivity index (χ2v) is 4.09. The first-order chi connectivity index (χ1) is 6.27. The summed E-state index contributed by atoms with van der Waals surface area (Å²) in [5.41, 5.74) is 0.409. The molecule has 0 heterocycles. The lowest BCUT2D eigenvalue weighted by Gasteiger charge is -2.05. The number of carbonyl (C=O) groups is 1. The fraction of sp³-hybridized carbons (Fsp3) is 0.727. The van der Waals surface area contributed by atoms with Crippen molar-refractivity contribution in [2.45, 2.75) is 32.6 Å². The highest BCUT2D eigenvalue weighted by Crippen LogP contribution is 2.62. The molecule has 0 radical (unpaired) electrons. The lowest BCUT2D eigenvalue weighted by molar-refractivity contribution is -0.137. The Balaban J connectivity index is 1.85. The Morgan fingerprint density at radius 1 is 1.54 bits per heavy atom. The summed E-state index contributed by atoms with van der Waals surface area (Å²) >= 11 is 0. The number of esters is 1. The molecule has 0 aliphatic heterocycles. The van der Waals surface area contributed by atoms with Gasteiger partial charge in [0.2, 0.25) is 0 Å². The van der Waals surface area contributed by atoms with Gasteiger partial charge in [0.05, 0.1) is 6.61 Å². The van der Waals surface area contributed by atoms with Crippen molar-refractivity contribution >= 4 is 5.97 Å². The number of hydrogen-bond acceptors (Lipinski definition) is 2. The Morgan fingerprint density at radius 3 is 2.69 bits per heavy atom. The average molecular weight is 180 g/mol. The van der Waals surface area contributed by atoms with Crippen molar-refractivity contribution in [1.82, 2.24) is 0 Å². The summed E-state index contributed by atoms with van der Waals surface area (Å²) in [5.74, 6) is 0.688. The van der Waals surface area contributed by atoms with E-state index in [2.05, 4.69) is 6.08 Å². The highest BCUT2D eigenvalue weighted by Gasteiger charge is 2.51. The quantitative estimate of drug-likeness (QED) is 0.490. The average Bonchev–Trinajstić information content (AvgIpc) is 2.95. The van der Waals surface area contributed by atoms with E-state index in [-0.39, 0.29) is 5.97 Å². The Morgan fingerprint density at radius 2 is 2.23 bits per heavy atom. The zero-order valence-electron chi connectivity index (χ0n) is 8.08. The van der Waals surface area contributed by atoms with Gasteiger partial charge in [0.25, 0.3) is 0 Å². The van der Waals surface area contributed by atoms with Crippen molar-refractivity contribution < 1.29 is 9.53 Å². The molecule has 0 aromatic rings. The van der Waals surface area contributed by atoms with Crippen molar-refractivity contribution in [3.8, 4) is 0 Å². The summed E-state index contributed by atoms with van der Waals surface area (Å²) in [7, 11) is 0. The number of carbonyl (C=O) groups excluding carboxylic acids is 1. The van der Waals surface area contributed by atoms with Crippen LogP contribution in [0.2, 0.25) is 0 Å². The highest BCUT2D eigenvalue weighted by atomic mass is 16.5. The Bertz CT molecular complexity index is 234. The second kappa shape index (κ2) is 3.17. The lowest BCUT2D eigenvalue weighted by atomic mass is 10.0. The predicted octanol–water partition coefficient (Wildman–Crippen LogP) is 2.30. The first kappa shape index (κ1) is 8.79. The van der Waals surface area contributed by atoms with Gasteiger partial charge in [-0.2, -0.15) is 0 Å². The van der Waals surface area contributed by atoms with Crippen LogP contribution in [0.15, 0.2) is 12.2 Å². The van der Waals surface area contributed by atoms with Gasteiger partial charge in [-0.3, -0.25) is 0 Å². The van der Waals surface area contributed by atoms with Crippen molar-refractivity contribution in [2.75, 3.05) is 6.61 Å². The van der Waals surface area contributed by atoms with Crippen molar-refractivity contribution in [3.63, 3.8) is 0 Å². The Kier molecular flexibility index (Phi) is 2.14. The number of rotatable bonds is 4. The first-order valence-electron chi connectivity index (χ1n) is 5.13. The van der Waals surface area contributed by atoms with Gasteiger partial charge >= 0.3 is 5.97 Å². The smallest absolute Gasteiger partial charge is 0.330 e. The maximum atomic E-state index is 11.1. The van der Waals surface area contributed by atoms with E-state index >= 15 is 0 Å². The van der Waals surface area contributed by atoms with Gasteiger partial charge in [0, 0.05) is 6.08 Å². The summed E-state index contributed by atoms with van der Waals surface area (Å²) in [6.45, 7) is 2.30. The van der Waals surface area contributed by atoms with E-state index in [1.807, 2.05) is 6.92 Å². The van der Waals surface area contributed by atoms with Crippen molar-refractivity contribution in [1.29, 1.82) is 0 Å². The van der Waals surface area contributed by atoms with E-state index in [0.717, 1.165) is 5.92 Å². The minimum atomic E-state index is -0.186. The van der Waals surface area contributed by atoms with Crippen molar-refractivity contribution in [3.05, 3.63) is 12.2 Å². The summed E-state index contributed by atoms with van der Waals surface area (Å²) in [4.78, 5) is 11.1. The molecule has 0 aromatic heterocycles. The topological polar surface area (TPSA) is 26.3 Å². The van der Waals surface area contributed by atoms with Gasteiger partial charge in [0.1, 0.15) is 0 Å². The van der Waals surface area contributed by atoms with Gasteiger partial charge in [-0.15, -0.1) is 0 Å². The second-order valence-electron chi connectivity index (χ2n) is 4.09. The molecular formula is C11H16O2. The third kappa shape index (κ3) is 1.93. The minimum Gasteiger partial charge on any atom is -0.463 e. The van der Waals surface area contributed by atoms with Crippen LogP contribution in [0.4, 0.5) is 0 Å². The number of hydrogen-bond donors (Lipinski definition) is 0. The first-order valence-corrected chi connectivity index (χ1v) is 5.13. The third-order valence-electron chi connectivity index (χ3n) is 3.06. The SMILES string of the molecule is CCOC(=O)/C=C/C1(C2CC2)CC1. The van der Waals surface area contributed by atoms with Gasteiger partial charge in [-0.05, 0) is 43.9 Å². The normalized spacial score (nSPS) is 24.7. The standard InChI is InChI=1S/C11H16O2/c1-2-13-10(12)5-6-11(7-8-11)9-3-4-9/h5-6,9H,2-4,7-8H2,1H3/b6-5+. The summed E-state index contributed by atoms with van der Waals surface area (Å²) in [6.07, 6.45) is 8.96. The van der Waals surface area contributed by atoms with Crippen LogP contribution in [-0.4, -0.2) is 12.6 Å². The molecule has 2 aliphatic rings. The summed E-state index contributed by atoms with van der Waals surface area (Å²) in [6, 6.07) is 0. The molecule has 2 aliphatic carbocycles. The van der Waals surface area contributed by atoms with E-state index in [1.54, 1.807) is 6.08 Å². The molecular weight excluding hydrogens is 164 g/mol. The fourth-order valence-electron chi connectivity index (χ4n) is 1.94. The molecule has 2 fully saturated rings. The van der Waals surface area contributed by atoms with Gasteiger partial charge in [-0.25, -0.2) is 4.79 Å². The maximum absolute atomic E-state index is 11.1. The molecule has 2 nitrogen and oxygen atoms in total. The van der Waals surface area contributed by atoms with Gasteiger partial charge in [0.15, 0.2) is 0 Å². The lowest BCUT2D eigenvalue weighted by Crippen LogP contribution is -2.03. The molecule has 0 bridgehead atoms. The van der Waals surface area contributed by atoms with Gasteiger partial charge in [-0.1, -0.05) is 6.08 Å². The van der Waals surface area contributed by atoms with E-state index in [4.69, 9.17) is 4.74 Å². The van der Waals surface area contributed by atoms with Crippen LogP contribution < -0.4 is 0 Å². The van der Waals surface area contributed by atoms with Crippen LogP contribution in [0.3, 0.4) is 0 Å².